The van der Waals surface area contributed by atoms with Gasteiger partial charge in [-0.05, 0) is 0 Å². The average molecular weight is 200 g/mol. The molecule has 1 fully saturated rings. The fourth-order valence-electron chi connectivity index (χ4n) is 1.65. The van der Waals surface area contributed by atoms with Gasteiger partial charge in [0, 0.05) is 52.2 Å². The van der Waals surface area contributed by atoms with Crippen molar-refractivity contribution in [2.75, 3.05) is 39.3 Å². The second kappa shape index (κ2) is 5.29. The number of carbonyl (C=O) groups is 1. The quantitative estimate of drug-likeness (QED) is 0.577. The summed E-state index contributed by atoms with van der Waals surface area (Å²) in [6.45, 7) is 6.41. The number of nitrogens with two attached hydrogens (primary N) is 2. The summed E-state index contributed by atoms with van der Waals surface area (Å²) in [4.78, 5) is 15.2. The van der Waals surface area contributed by atoms with Crippen molar-refractivity contribution in [1.29, 1.82) is 0 Å². The first-order chi connectivity index (χ1) is 6.63. The van der Waals surface area contributed by atoms with E-state index >= 15 is 0 Å². The fraction of sp³-hybridized carbons (Fsp3) is 0.889. The molecule has 0 aromatic rings. The van der Waals surface area contributed by atoms with Gasteiger partial charge in [-0.15, -0.1) is 0 Å². The Morgan fingerprint density at radius 2 is 1.93 bits per heavy atom. The molecule has 5 heteroatoms. The van der Waals surface area contributed by atoms with Gasteiger partial charge in [0.1, 0.15) is 0 Å². The van der Waals surface area contributed by atoms with Gasteiger partial charge in [0.2, 0.25) is 5.91 Å². The van der Waals surface area contributed by atoms with Gasteiger partial charge in [-0.1, -0.05) is 0 Å². The van der Waals surface area contributed by atoms with Crippen LogP contribution in [0, 0.1) is 0 Å². The zero-order chi connectivity index (χ0) is 10.6. The molecule has 1 aliphatic heterocycles. The molecule has 5 nitrogen and oxygen atoms in total. The molecular weight excluding hydrogens is 180 g/mol. The van der Waals surface area contributed by atoms with E-state index in [1.807, 2.05) is 4.90 Å². The molecule has 0 radical (unpaired) electrons. The molecule has 0 aromatic carbocycles. The number of hydrogen-bond acceptors (Lipinski definition) is 4. The third kappa shape index (κ3) is 3.25. The largest absolute Gasteiger partial charge is 0.340 e. The summed E-state index contributed by atoms with van der Waals surface area (Å²) in [6, 6.07) is 0.0545. The van der Waals surface area contributed by atoms with Crippen LogP contribution in [0.25, 0.3) is 0 Å². The van der Waals surface area contributed by atoms with Crippen molar-refractivity contribution >= 4 is 5.91 Å². The van der Waals surface area contributed by atoms with Gasteiger partial charge in [-0.3, -0.25) is 9.69 Å². The lowest BCUT2D eigenvalue weighted by molar-refractivity contribution is -0.130. The highest BCUT2D eigenvalue weighted by Gasteiger charge is 2.19. The van der Waals surface area contributed by atoms with E-state index in [1.165, 1.54) is 0 Å². The van der Waals surface area contributed by atoms with Gasteiger partial charge in [-0.25, -0.2) is 0 Å². The van der Waals surface area contributed by atoms with Crippen LogP contribution in [0.4, 0.5) is 0 Å². The Balaban J connectivity index is 2.25. The van der Waals surface area contributed by atoms with Crippen molar-refractivity contribution in [1.82, 2.24) is 9.80 Å². The van der Waals surface area contributed by atoms with Gasteiger partial charge >= 0.3 is 0 Å². The number of carbonyl (C=O) groups excluding carboxylic acids is 1. The molecule has 1 aliphatic rings. The number of piperazine rings is 1. The molecule has 1 amide bonds. The van der Waals surface area contributed by atoms with Crippen LogP contribution in [0.3, 0.4) is 0 Å². The van der Waals surface area contributed by atoms with Crippen LogP contribution in [0.5, 0.6) is 0 Å². The molecule has 1 rings (SSSR count). The lowest BCUT2D eigenvalue weighted by atomic mass is 10.2. The smallest absolute Gasteiger partial charge is 0.219 e. The van der Waals surface area contributed by atoms with Crippen LogP contribution in [0.1, 0.15) is 6.92 Å². The van der Waals surface area contributed by atoms with Crippen LogP contribution in [0.15, 0.2) is 0 Å². The van der Waals surface area contributed by atoms with E-state index in [9.17, 15) is 4.79 Å². The van der Waals surface area contributed by atoms with Crippen molar-refractivity contribution in [3.8, 4) is 0 Å². The lowest BCUT2D eigenvalue weighted by Gasteiger charge is -2.35. The summed E-state index contributed by atoms with van der Waals surface area (Å²) in [7, 11) is 0. The minimum absolute atomic E-state index is 0.0545. The third-order valence-corrected chi connectivity index (χ3v) is 2.61. The fourth-order valence-corrected chi connectivity index (χ4v) is 1.65. The molecule has 1 unspecified atom stereocenters. The Morgan fingerprint density at radius 1 is 1.36 bits per heavy atom. The molecule has 1 heterocycles. The predicted octanol–water partition coefficient (Wildman–Crippen LogP) is -1.56. The van der Waals surface area contributed by atoms with E-state index in [0.29, 0.717) is 6.54 Å². The first-order valence-electron chi connectivity index (χ1n) is 5.07. The first-order valence-corrected chi connectivity index (χ1v) is 5.07. The number of nitrogens with zero attached hydrogens (tertiary/aromatic N) is 2. The summed E-state index contributed by atoms with van der Waals surface area (Å²) in [6.07, 6.45) is 0. The molecule has 1 atom stereocenters. The maximum atomic E-state index is 11.0. The summed E-state index contributed by atoms with van der Waals surface area (Å²) < 4.78 is 0. The number of amides is 1. The summed E-state index contributed by atoms with van der Waals surface area (Å²) >= 11 is 0. The summed E-state index contributed by atoms with van der Waals surface area (Å²) in [5, 5.41) is 0. The molecule has 82 valence electrons. The van der Waals surface area contributed by atoms with Gasteiger partial charge < -0.3 is 16.4 Å². The SMILES string of the molecule is CC(=O)N1CCN(CC(N)CN)CC1. The molecule has 1 saturated heterocycles. The zero-order valence-electron chi connectivity index (χ0n) is 8.78. The molecule has 14 heavy (non-hydrogen) atoms. The minimum Gasteiger partial charge on any atom is -0.340 e. The Hall–Kier alpha value is -0.650. The monoisotopic (exact) mass is 200 g/mol. The van der Waals surface area contributed by atoms with Crippen LogP contribution in [-0.2, 0) is 4.79 Å². The van der Waals surface area contributed by atoms with E-state index in [4.69, 9.17) is 11.5 Å². The lowest BCUT2D eigenvalue weighted by Crippen LogP contribution is -2.52. The van der Waals surface area contributed by atoms with Crippen LogP contribution >= 0.6 is 0 Å². The molecule has 0 spiro atoms. The molecule has 0 bridgehead atoms. The van der Waals surface area contributed by atoms with Crippen LogP contribution in [0.2, 0.25) is 0 Å². The highest BCUT2D eigenvalue weighted by Crippen LogP contribution is 2.01. The summed E-state index contributed by atoms with van der Waals surface area (Å²) in [5.74, 6) is 0.160. The van der Waals surface area contributed by atoms with E-state index < -0.39 is 0 Å². The molecule has 0 aromatic heterocycles. The first kappa shape index (κ1) is 11.4. The molecular formula is C9H20N4O. The van der Waals surface area contributed by atoms with Crippen molar-refractivity contribution in [2.45, 2.75) is 13.0 Å². The maximum absolute atomic E-state index is 11.0. The highest BCUT2D eigenvalue weighted by molar-refractivity contribution is 5.73. The third-order valence-electron chi connectivity index (χ3n) is 2.61. The van der Waals surface area contributed by atoms with Crippen LogP contribution in [-0.4, -0.2) is 61.0 Å². The Morgan fingerprint density at radius 3 is 2.36 bits per heavy atom. The number of hydrogen-bond donors (Lipinski definition) is 2. The van der Waals surface area contributed by atoms with Crippen molar-refractivity contribution in [2.24, 2.45) is 11.5 Å². The van der Waals surface area contributed by atoms with Gasteiger partial charge in [0.25, 0.3) is 0 Å². The standard InChI is InChI=1S/C9H20N4O/c1-8(14)13-4-2-12(3-5-13)7-9(11)6-10/h9H,2-7,10-11H2,1H3. The Labute approximate surface area is 85.0 Å². The predicted molar refractivity (Wildman–Crippen MR) is 55.7 cm³/mol. The molecule has 0 saturated carbocycles. The topological polar surface area (TPSA) is 75.6 Å². The zero-order valence-corrected chi connectivity index (χ0v) is 8.78. The second-order valence-corrected chi connectivity index (χ2v) is 3.80. The van der Waals surface area contributed by atoms with Crippen molar-refractivity contribution < 1.29 is 4.79 Å². The summed E-state index contributed by atoms with van der Waals surface area (Å²) in [5.41, 5.74) is 11.2. The highest BCUT2D eigenvalue weighted by atomic mass is 16.2. The van der Waals surface area contributed by atoms with Gasteiger partial charge in [-0.2, -0.15) is 0 Å². The van der Waals surface area contributed by atoms with E-state index in [1.54, 1.807) is 6.92 Å². The Bertz CT molecular complexity index is 189. The van der Waals surface area contributed by atoms with Crippen LogP contribution < -0.4 is 11.5 Å². The average Bonchev–Trinajstić information content (AvgIpc) is 2.18. The normalized spacial score (nSPS) is 20.9. The van der Waals surface area contributed by atoms with Gasteiger partial charge in [0.05, 0.1) is 0 Å². The molecule has 4 N–H and O–H groups in total. The van der Waals surface area contributed by atoms with Gasteiger partial charge in [0.15, 0.2) is 0 Å². The van der Waals surface area contributed by atoms with E-state index in [2.05, 4.69) is 4.90 Å². The molecule has 0 aliphatic carbocycles. The van der Waals surface area contributed by atoms with E-state index in [0.717, 1.165) is 32.7 Å². The minimum atomic E-state index is 0.0545. The van der Waals surface area contributed by atoms with Crippen molar-refractivity contribution in [3.05, 3.63) is 0 Å². The van der Waals surface area contributed by atoms with Crippen molar-refractivity contribution in [3.63, 3.8) is 0 Å². The maximum Gasteiger partial charge on any atom is 0.219 e. The number of rotatable bonds is 3. The van der Waals surface area contributed by atoms with E-state index in [-0.39, 0.29) is 11.9 Å². The Kier molecular flexibility index (Phi) is 4.31. The second-order valence-electron chi connectivity index (χ2n) is 3.80.